The molecule has 0 radical (unpaired) electrons. The maximum atomic E-state index is 13.1. The monoisotopic (exact) mass is 271 g/mol. The first kappa shape index (κ1) is 13.7. The fourth-order valence-corrected chi connectivity index (χ4v) is 1.07. The Labute approximate surface area is 98.3 Å². The van der Waals surface area contributed by atoms with Gasteiger partial charge in [-0.15, -0.1) is 0 Å². The number of halogens is 5. The Balaban J connectivity index is 2.59. The molecule has 0 saturated carbocycles. The van der Waals surface area contributed by atoms with Crippen molar-refractivity contribution in [2.45, 2.75) is 6.18 Å². The van der Waals surface area contributed by atoms with Crippen LogP contribution in [0.3, 0.4) is 0 Å². The summed E-state index contributed by atoms with van der Waals surface area (Å²) in [4.78, 5) is 15.1. The summed E-state index contributed by atoms with van der Waals surface area (Å²) in [6, 6.07) is 3.12. The first-order chi connectivity index (χ1) is 7.79. The van der Waals surface area contributed by atoms with Gasteiger partial charge in [-0.25, -0.2) is 9.87 Å². The van der Waals surface area contributed by atoms with Crippen LogP contribution in [0.5, 0.6) is 0 Å². The third kappa shape index (κ3) is 4.58. The summed E-state index contributed by atoms with van der Waals surface area (Å²) in [7, 11) is 0. The van der Waals surface area contributed by atoms with Gasteiger partial charge in [0, 0.05) is 5.02 Å². The molecule has 3 nitrogen and oxygen atoms in total. The van der Waals surface area contributed by atoms with Gasteiger partial charge in [0.15, 0.2) is 6.61 Å². The number of carbonyl (C=O) groups is 1. The molecule has 0 saturated heterocycles. The Morgan fingerprint density at radius 3 is 2.59 bits per heavy atom. The molecule has 1 N–H and O–H groups in total. The predicted octanol–water partition coefficient (Wildman–Crippen LogP) is 2.70. The highest BCUT2D eigenvalue weighted by Crippen LogP contribution is 2.15. The Hall–Kier alpha value is -1.34. The summed E-state index contributed by atoms with van der Waals surface area (Å²) >= 11 is 5.43. The zero-order chi connectivity index (χ0) is 13.1. The minimum Gasteiger partial charge on any atom is -0.267 e. The smallest absolute Gasteiger partial charge is 0.267 e. The molecule has 0 bridgehead atoms. The van der Waals surface area contributed by atoms with Crippen molar-refractivity contribution in [3.63, 3.8) is 0 Å². The van der Waals surface area contributed by atoms with Gasteiger partial charge in [-0.3, -0.25) is 9.63 Å². The normalized spacial score (nSPS) is 11.4. The van der Waals surface area contributed by atoms with Crippen LogP contribution in [-0.4, -0.2) is 18.7 Å². The zero-order valence-electron chi connectivity index (χ0n) is 8.15. The van der Waals surface area contributed by atoms with Crippen LogP contribution >= 0.6 is 11.6 Å². The first-order valence-electron chi connectivity index (χ1n) is 4.23. The van der Waals surface area contributed by atoms with Gasteiger partial charge in [-0.1, -0.05) is 11.6 Å². The lowest BCUT2D eigenvalue weighted by Crippen LogP contribution is -2.30. The van der Waals surface area contributed by atoms with Gasteiger partial charge in [-0.05, 0) is 18.2 Å². The topological polar surface area (TPSA) is 38.3 Å². The number of hydroxylamine groups is 1. The van der Waals surface area contributed by atoms with Crippen molar-refractivity contribution in [1.29, 1.82) is 0 Å². The number of carbonyl (C=O) groups excluding carboxylic acids is 1. The number of hydrogen-bond donors (Lipinski definition) is 1. The molecule has 0 heterocycles. The Kier molecular flexibility index (Phi) is 4.30. The molecule has 94 valence electrons. The minimum absolute atomic E-state index is 0.0651. The molecule has 1 aromatic carbocycles. The SMILES string of the molecule is O=C(NOCC(F)(F)F)c1ccc(Cl)cc1F. The Morgan fingerprint density at radius 2 is 2.06 bits per heavy atom. The average molecular weight is 272 g/mol. The van der Waals surface area contributed by atoms with Gasteiger partial charge in [0.1, 0.15) is 5.82 Å². The summed E-state index contributed by atoms with van der Waals surface area (Å²) < 4.78 is 48.2. The van der Waals surface area contributed by atoms with E-state index in [1.54, 1.807) is 0 Å². The maximum Gasteiger partial charge on any atom is 0.414 e. The molecule has 8 heteroatoms. The molecule has 0 aliphatic heterocycles. The van der Waals surface area contributed by atoms with E-state index in [4.69, 9.17) is 11.6 Å². The van der Waals surface area contributed by atoms with Crippen molar-refractivity contribution in [3.8, 4) is 0 Å². The second-order valence-electron chi connectivity index (χ2n) is 2.96. The summed E-state index contributed by atoms with van der Waals surface area (Å²) in [5.41, 5.74) is 1.01. The molecule has 0 aliphatic carbocycles. The molecule has 1 rings (SSSR count). The average Bonchev–Trinajstić information content (AvgIpc) is 2.15. The molecular formula is C9H6ClF4NO2. The third-order valence-corrected chi connectivity index (χ3v) is 1.81. The van der Waals surface area contributed by atoms with Crippen molar-refractivity contribution >= 4 is 17.5 Å². The van der Waals surface area contributed by atoms with E-state index < -0.39 is 30.1 Å². The van der Waals surface area contributed by atoms with Crippen LogP contribution in [-0.2, 0) is 4.84 Å². The van der Waals surface area contributed by atoms with E-state index in [1.165, 1.54) is 11.5 Å². The maximum absolute atomic E-state index is 13.1. The van der Waals surface area contributed by atoms with Crippen LogP contribution in [0.25, 0.3) is 0 Å². The van der Waals surface area contributed by atoms with Crippen molar-refractivity contribution in [2.24, 2.45) is 0 Å². The number of alkyl halides is 3. The van der Waals surface area contributed by atoms with Crippen molar-refractivity contribution in [3.05, 3.63) is 34.6 Å². The molecule has 0 spiro atoms. The van der Waals surface area contributed by atoms with Crippen molar-refractivity contribution in [1.82, 2.24) is 5.48 Å². The molecule has 0 atom stereocenters. The van der Waals surface area contributed by atoms with Gasteiger partial charge in [-0.2, -0.15) is 13.2 Å². The van der Waals surface area contributed by atoms with Crippen LogP contribution in [0.15, 0.2) is 18.2 Å². The van der Waals surface area contributed by atoms with Gasteiger partial charge in [0.25, 0.3) is 5.91 Å². The van der Waals surface area contributed by atoms with E-state index in [1.807, 2.05) is 0 Å². The second-order valence-corrected chi connectivity index (χ2v) is 3.40. The van der Waals surface area contributed by atoms with Gasteiger partial charge in [0.2, 0.25) is 0 Å². The largest absolute Gasteiger partial charge is 0.414 e. The molecule has 17 heavy (non-hydrogen) atoms. The molecule has 0 aromatic heterocycles. The number of nitrogens with one attached hydrogen (secondary N) is 1. The summed E-state index contributed by atoms with van der Waals surface area (Å²) in [5, 5.41) is 0.0651. The fourth-order valence-electron chi connectivity index (χ4n) is 0.912. The highest BCUT2D eigenvalue weighted by molar-refractivity contribution is 6.30. The molecule has 0 unspecified atom stereocenters. The predicted molar refractivity (Wildman–Crippen MR) is 50.9 cm³/mol. The standard InChI is InChI=1S/C9H6ClF4NO2/c10-5-1-2-6(7(11)3-5)8(16)15-17-4-9(12,13)14/h1-3H,4H2,(H,15,16). The van der Waals surface area contributed by atoms with Gasteiger partial charge < -0.3 is 0 Å². The lowest BCUT2D eigenvalue weighted by molar-refractivity contribution is -0.184. The molecule has 0 fully saturated rings. The summed E-state index contributed by atoms with van der Waals surface area (Å²) in [6.45, 7) is -1.66. The van der Waals surface area contributed by atoms with E-state index in [2.05, 4.69) is 4.84 Å². The van der Waals surface area contributed by atoms with Crippen LogP contribution in [0.4, 0.5) is 17.6 Å². The lowest BCUT2D eigenvalue weighted by Gasteiger charge is -2.08. The molecule has 0 aliphatic rings. The summed E-state index contributed by atoms with van der Waals surface area (Å²) in [6.07, 6.45) is -4.58. The van der Waals surface area contributed by atoms with Crippen molar-refractivity contribution in [2.75, 3.05) is 6.61 Å². The van der Waals surface area contributed by atoms with Gasteiger partial charge in [0.05, 0.1) is 5.56 Å². The lowest BCUT2D eigenvalue weighted by atomic mass is 10.2. The van der Waals surface area contributed by atoms with E-state index in [0.29, 0.717) is 0 Å². The Morgan fingerprint density at radius 1 is 1.41 bits per heavy atom. The van der Waals surface area contributed by atoms with Crippen LogP contribution in [0.1, 0.15) is 10.4 Å². The quantitative estimate of drug-likeness (QED) is 0.678. The molecule has 1 aromatic rings. The number of benzene rings is 1. The van der Waals surface area contributed by atoms with Crippen LogP contribution < -0.4 is 5.48 Å². The third-order valence-electron chi connectivity index (χ3n) is 1.58. The van der Waals surface area contributed by atoms with E-state index >= 15 is 0 Å². The first-order valence-corrected chi connectivity index (χ1v) is 4.61. The summed E-state index contributed by atoms with van der Waals surface area (Å²) in [5.74, 6) is -2.07. The van der Waals surface area contributed by atoms with E-state index in [9.17, 15) is 22.4 Å². The number of hydrogen-bond acceptors (Lipinski definition) is 2. The zero-order valence-corrected chi connectivity index (χ0v) is 8.90. The van der Waals surface area contributed by atoms with Crippen LogP contribution in [0, 0.1) is 5.82 Å². The van der Waals surface area contributed by atoms with E-state index in [0.717, 1.165) is 12.1 Å². The molecular weight excluding hydrogens is 266 g/mol. The Bertz CT molecular complexity index is 422. The van der Waals surface area contributed by atoms with Crippen molar-refractivity contribution < 1.29 is 27.2 Å². The minimum atomic E-state index is -4.58. The second kappa shape index (κ2) is 5.33. The van der Waals surface area contributed by atoms with E-state index in [-0.39, 0.29) is 5.02 Å². The van der Waals surface area contributed by atoms with Crippen LogP contribution in [0.2, 0.25) is 5.02 Å². The molecule has 1 amide bonds. The fraction of sp³-hybridized carbons (Fsp3) is 0.222. The number of amides is 1. The van der Waals surface area contributed by atoms with Gasteiger partial charge >= 0.3 is 6.18 Å². The number of rotatable bonds is 3. The highest BCUT2D eigenvalue weighted by atomic mass is 35.5. The highest BCUT2D eigenvalue weighted by Gasteiger charge is 2.28.